The number of amides is 1. The van der Waals surface area contributed by atoms with E-state index in [2.05, 4.69) is 15.4 Å². The monoisotopic (exact) mass is 411 g/mol. The number of hydrogen-bond donors (Lipinski definition) is 1. The highest BCUT2D eigenvalue weighted by Crippen LogP contribution is 2.27. The number of nitrogens with one attached hydrogen (secondary N) is 1. The SMILES string of the molecule is Cc1cc(C)n(-c2ccc(C(=O)N3CC[C@@H]4CNC[C@@H]4CC3)cn2)n1.Cl.Cl. The number of rotatable bonds is 2. The number of hydrogen-bond acceptors (Lipinski definition) is 4. The van der Waals surface area contributed by atoms with Gasteiger partial charge in [0, 0.05) is 25.0 Å². The summed E-state index contributed by atoms with van der Waals surface area (Å²) in [6.45, 7) is 7.87. The Hall–Kier alpha value is -1.63. The van der Waals surface area contributed by atoms with Crippen molar-refractivity contribution in [1.82, 2.24) is 25.0 Å². The highest BCUT2D eigenvalue weighted by Gasteiger charge is 2.31. The van der Waals surface area contributed by atoms with Crippen molar-refractivity contribution in [3.05, 3.63) is 41.3 Å². The van der Waals surface area contributed by atoms with Crippen LogP contribution in [0.3, 0.4) is 0 Å². The molecule has 2 aromatic heterocycles. The molecule has 1 amide bonds. The first-order valence-electron chi connectivity index (χ1n) is 9.11. The molecule has 0 radical (unpaired) electrons. The van der Waals surface area contributed by atoms with E-state index in [-0.39, 0.29) is 30.7 Å². The van der Waals surface area contributed by atoms with E-state index in [1.54, 1.807) is 6.20 Å². The minimum Gasteiger partial charge on any atom is -0.339 e. The zero-order valence-corrected chi connectivity index (χ0v) is 17.4. The molecule has 2 aliphatic rings. The second-order valence-electron chi connectivity index (χ2n) is 7.29. The third-order valence-corrected chi connectivity index (χ3v) is 5.53. The normalized spacial score (nSPS) is 21.6. The molecule has 148 valence electrons. The van der Waals surface area contributed by atoms with Crippen LogP contribution in [0.15, 0.2) is 24.4 Å². The molecular weight excluding hydrogens is 385 g/mol. The van der Waals surface area contributed by atoms with Crippen LogP contribution in [0.25, 0.3) is 5.82 Å². The zero-order chi connectivity index (χ0) is 17.4. The summed E-state index contributed by atoms with van der Waals surface area (Å²) in [4.78, 5) is 19.3. The van der Waals surface area contributed by atoms with Crippen LogP contribution in [0.4, 0.5) is 0 Å². The predicted molar refractivity (Wildman–Crippen MR) is 110 cm³/mol. The summed E-state index contributed by atoms with van der Waals surface area (Å²) in [5.41, 5.74) is 2.66. The van der Waals surface area contributed by atoms with Gasteiger partial charge in [0.15, 0.2) is 5.82 Å². The average Bonchev–Trinajstić information content (AvgIpc) is 3.14. The van der Waals surface area contributed by atoms with Crippen molar-refractivity contribution in [2.24, 2.45) is 11.8 Å². The van der Waals surface area contributed by atoms with E-state index in [0.29, 0.717) is 5.56 Å². The molecule has 2 aliphatic heterocycles. The largest absolute Gasteiger partial charge is 0.339 e. The molecule has 1 N–H and O–H groups in total. The van der Waals surface area contributed by atoms with Crippen LogP contribution in [-0.4, -0.2) is 51.8 Å². The maximum atomic E-state index is 12.8. The summed E-state index contributed by atoms with van der Waals surface area (Å²) in [5, 5.41) is 7.92. The van der Waals surface area contributed by atoms with Gasteiger partial charge in [-0.1, -0.05) is 0 Å². The first-order chi connectivity index (χ1) is 12.1. The molecule has 27 heavy (non-hydrogen) atoms. The zero-order valence-electron chi connectivity index (χ0n) is 15.7. The molecule has 0 saturated carbocycles. The van der Waals surface area contributed by atoms with Gasteiger partial charge in [0.2, 0.25) is 0 Å². The second-order valence-corrected chi connectivity index (χ2v) is 7.29. The number of aryl methyl sites for hydroxylation is 2. The summed E-state index contributed by atoms with van der Waals surface area (Å²) in [5.74, 6) is 2.30. The second kappa shape index (κ2) is 9.04. The molecule has 2 fully saturated rings. The Kier molecular flexibility index (Phi) is 7.25. The Morgan fingerprint density at radius 3 is 2.30 bits per heavy atom. The molecular formula is C19H27Cl2N5O. The van der Waals surface area contributed by atoms with Gasteiger partial charge >= 0.3 is 0 Å². The van der Waals surface area contributed by atoms with Gasteiger partial charge in [-0.2, -0.15) is 5.10 Å². The number of carbonyl (C=O) groups excluding carboxylic acids is 1. The van der Waals surface area contributed by atoms with Gasteiger partial charge < -0.3 is 10.2 Å². The number of aromatic nitrogens is 3. The van der Waals surface area contributed by atoms with Crippen molar-refractivity contribution in [3.8, 4) is 5.82 Å². The van der Waals surface area contributed by atoms with Crippen molar-refractivity contribution >= 4 is 30.7 Å². The average molecular weight is 412 g/mol. The number of halogens is 2. The Bertz CT molecular complexity index is 763. The van der Waals surface area contributed by atoms with E-state index < -0.39 is 0 Å². The predicted octanol–water partition coefficient (Wildman–Crippen LogP) is 2.80. The molecule has 0 unspecified atom stereocenters. The number of nitrogens with zero attached hydrogens (tertiary/aromatic N) is 4. The molecule has 4 heterocycles. The van der Waals surface area contributed by atoms with Gasteiger partial charge in [-0.25, -0.2) is 9.67 Å². The van der Waals surface area contributed by atoms with Crippen LogP contribution in [0.2, 0.25) is 0 Å². The van der Waals surface area contributed by atoms with Crippen LogP contribution in [0.5, 0.6) is 0 Å². The van der Waals surface area contributed by atoms with Crippen molar-refractivity contribution in [2.75, 3.05) is 26.2 Å². The number of pyridine rings is 1. The molecule has 0 spiro atoms. The van der Waals surface area contributed by atoms with Crippen molar-refractivity contribution in [1.29, 1.82) is 0 Å². The molecule has 2 saturated heterocycles. The molecule has 2 atom stereocenters. The van der Waals surface area contributed by atoms with E-state index in [4.69, 9.17) is 0 Å². The third-order valence-electron chi connectivity index (χ3n) is 5.53. The minimum absolute atomic E-state index is 0. The fourth-order valence-electron chi connectivity index (χ4n) is 4.10. The fourth-order valence-corrected chi connectivity index (χ4v) is 4.10. The van der Waals surface area contributed by atoms with Crippen molar-refractivity contribution in [3.63, 3.8) is 0 Å². The molecule has 0 aromatic carbocycles. The summed E-state index contributed by atoms with van der Waals surface area (Å²) in [6, 6.07) is 5.77. The van der Waals surface area contributed by atoms with Gasteiger partial charge in [0.1, 0.15) is 0 Å². The summed E-state index contributed by atoms with van der Waals surface area (Å²) < 4.78 is 1.81. The first kappa shape index (κ1) is 21.7. The van der Waals surface area contributed by atoms with Crippen LogP contribution in [0.1, 0.15) is 34.6 Å². The Morgan fingerprint density at radius 1 is 1.11 bits per heavy atom. The van der Waals surface area contributed by atoms with Crippen LogP contribution in [0, 0.1) is 25.7 Å². The lowest BCUT2D eigenvalue weighted by Crippen LogP contribution is -2.32. The molecule has 6 nitrogen and oxygen atoms in total. The van der Waals surface area contributed by atoms with Gasteiger partial charge in [0.25, 0.3) is 5.91 Å². The lowest BCUT2D eigenvalue weighted by molar-refractivity contribution is 0.0758. The smallest absolute Gasteiger partial charge is 0.255 e. The summed E-state index contributed by atoms with van der Waals surface area (Å²) in [6.07, 6.45) is 3.88. The van der Waals surface area contributed by atoms with E-state index in [1.807, 2.05) is 41.6 Å². The van der Waals surface area contributed by atoms with Crippen LogP contribution < -0.4 is 5.32 Å². The van der Waals surface area contributed by atoms with E-state index in [0.717, 1.165) is 68.1 Å². The summed E-state index contributed by atoms with van der Waals surface area (Å²) >= 11 is 0. The van der Waals surface area contributed by atoms with Gasteiger partial charge in [0.05, 0.1) is 11.3 Å². The molecule has 2 aromatic rings. The van der Waals surface area contributed by atoms with Crippen LogP contribution >= 0.6 is 24.8 Å². The maximum Gasteiger partial charge on any atom is 0.255 e. The molecule has 4 rings (SSSR count). The quantitative estimate of drug-likeness (QED) is 0.824. The topological polar surface area (TPSA) is 63.1 Å². The van der Waals surface area contributed by atoms with E-state index in [1.165, 1.54) is 0 Å². The van der Waals surface area contributed by atoms with Gasteiger partial charge in [-0.3, -0.25) is 4.79 Å². The van der Waals surface area contributed by atoms with Crippen molar-refractivity contribution < 1.29 is 4.79 Å². The highest BCUT2D eigenvalue weighted by molar-refractivity contribution is 5.94. The Balaban J connectivity index is 0.00000131. The molecule has 8 heteroatoms. The number of fused-ring (bicyclic) bond motifs is 1. The van der Waals surface area contributed by atoms with Gasteiger partial charge in [-0.15, -0.1) is 24.8 Å². The Morgan fingerprint density at radius 2 is 1.78 bits per heavy atom. The van der Waals surface area contributed by atoms with Crippen LogP contribution in [-0.2, 0) is 0 Å². The van der Waals surface area contributed by atoms with E-state index in [9.17, 15) is 4.79 Å². The first-order valence-corrected chi connectivity index (χ1v) is 9.11. The standard InChI is InChI=1S/C19H25N5O.2ClH/c1-13-9-14(2)24(22-13)18-4-3-17(12-21-18)19(25)23-7-5-15-10-20-11-16(15)6-8-23;;/h3-4,9,12,15-16,20H,5-8,10-11H2,1-2H3;2*1H/t15-,16+;;. The highest BCUT2D eigenvalue weighted by atomic mass is 35.5. The Labute approximate surface area is 172 Å². The van der Waals surface area contributed by atoms with Gasteiger partial charge in [-0.05, 0) is 69.8 Å². The summed E-state index contributed by atoms with van der Waals surface area (Å²) in [7, 11) is 0. The lowest BCUT2D eigenvalue weighted by Gasteiger charge is -2.21. The maximum absolute atomic E-state index is 12.8. The number of likely N-dealkylation sites (tertiary alicyclic amines) is 1. The van der Waals surface area contributed by atoms with E-state index >= 15 is 0 Å². The minimum atomic E-state index is 0. The number of carbonyl (C=O) groups is 1. The lowest BCUT2D eigenvalue weighted by atomic mass is 9.92. The molecule has 0 bridgehead atoms. The molecule has 0 aliphatic carbocycles. The third kappa shape index (κ3) is 4.45. The fraction of sp³-hybridized carbons (Fsp3) is 0.526. The van der Waals surface area contributed by atoms with Crippen molar-refractivity contribution in [2.45, 2.75) is 26.7 Å².